The van der Waals surface area contributed by atoms with Gasteiger partial charge in [0.15, 0.2) is 0 Å². The van der Waals surface area contributed by atoms with Gasteiger partial charge >= 0.3 is 6.18 Å². The van der Waals surface area contributed by atoms with Crippen LogP contribution in [0.4, 0.5) is 13.2 Å². The van der Waals surface area contributed by atoms with E-state index in [4.69, 9.17) is 15.2 Å². The van der Waals surface area contributed by atoms with Gasteiger partial charge in [-0.15, -0.1) is 0 Å². The Morgan fingerprint density at radius 3 is 2.56 bits per heavy atom. The molecule has 3 nitrogen and oxygen atoms in total. The van der Waals surface area contributed by atoms with Crippen molar-refractivity contribution in [3.05, 3.63) is 29.3 Å². The molecular formula is C12H16F3NO2. The average Bonchev–Trinajstić information content (AvgIpc) is 2.33. The Morgan fingerprint density at radius 2 is 2.00 bits per heavy atom. The molecule has 0 bridgehead atoms. The van der Waals surface area contributed by atoms with Crippen LogP contribution >= 0.6 is 0 Å². The van der Waals surface area contributed by atoms with Crippen LogP contribution in [0.5, 0.6) is 5.75 Å². The molecule has 0 saturated carbocycles. The van der Waals surface area contributed by atoms with E-state index in [1.165, 1.54) is 7.11 Å². The second-order valence-electron chi connectivity index (χ2n) is 3.77. The normalized spacial score (nSPS) is 11.6. The van der Waals surface area contributed by atoms with Gasteiger partial charge in [-0.1, -0.05) is 6.07 Å². The molecular weight excluding hydrogens is 247 g/mol. The van der Waals surface area contributed by atoms with E-state index in [0.717, 1.165) is 5.56 Å². The Morgan fingerprint density at radius 1 is 1.28 bits per heavy atom. The van der Waals surface area contributed by atoms with Crippen LogP contribution in [0.1, 0.15) is 17.5 Å². The zero-order valence-corrected chi connectivity index (χ0v) is 10.1. The van der Waals surface area contributed by atoms with Gasteiger partial charge in [-0.2, -0.15) is 13.2 Å². The molecule has 2 N–H and O–H groups in total. The molecule has 1 aromatic carbocycles. The standard InChI is InChI=1S/C12H16F3NO2/c1-17-11-3-2-9(7-16)6-10(11)8-18-5-4-12(13,14)15/h2-3,6H,4-5,7-8,16H2,1H3. The third kappa shape index (κ3) is 4.93. The summed E-state index contributed by atoms with van der Waals surface area (Å²) in [6.07, 6.45) is -5.14. The number of hydrogen-bond donors (Lipinski definition) is 1. The van der Waals surface area contributed by atoms with Gasteiger partial charge in [0.05, 0.1) is 26.7 Å². The zero-order chi connectivity index (χ0) is 13.6. The smallest absolute Gasteiger partial charge is 0.391 e. The van der Waals surface area contributed by atoms with Crippen LogP contribution in [-0.2, 0) is 17.9 Å². The molecule has 0 aliphatic heterocycles. The lowest BCUT2D eigenvalue weighted by Gasteiger charge is -2.11. The number of halogens is 3. The van der Waals surface area contributed by atoms with Crippen molar-refractivity contribution in [3.63, 3.8) is 0 Å². The molecule has 0 spiro atoms. The van der Waals surface area contributed by atoms with Gasteiger partial charge in [-0.25, -0.2) is 0 Å². The summed E-state index contributed by atoms with van der Waals surface area (Å²) >= 11 is 0. The van der Waals surface area contributed by atoms with Gasteiger partial charge in [-0.3, -0.25) is 0 Å². The summed E-state index contributed by atoms with van der Waals surface area (Å²) in [6, 6.07) is 5.30. The van der Waals surface area contributed by atoms with E-state index in [-0.39, 0.29) is 13.2 Å². The molecule has 0 heterocycles. The molecule has 6 heteroatoms. The lowest BCUT2D eigenvalue weighted by Crippen LogP contribution is -2.11. The largest absolute Gasteiger partial charge is 0.496 e. The van der Waals surface area contributed by atoms with Gasteiger partial charge in [0, 0.05) is 12.1 Å². The molecule has 0 unspecified atom stereocenters. The topological polar surface area (TPSA) is 44.5 Å². The monoisotopic (exact) mass is 263 g/mol. The summed E-state index contributed by atoms with van der Waals surface area (Å²) in [5.74, 6) is 0.583. The molecule has 102 valence electrons. The minimum atomic E-state index is -4.19. The molecule has 0 atom stereocenters. The Labute approximate surface area is 104 Å². The maximum Gasteiger partial charge on any atom is 0.391 e. The second-order valence-corrected chi connectivity index (χ2v) is 3.77. The Hall–Kier alpha value is -1.27. The molecule has 0 radical (unpaired) electrons. The molecule has 0 aromatic heterocycles. The molecule has 0 aliphatic carbocycles. The van der Waals surface area contributed by atoms with Crippen molar-refractivity contribution in [2.24, 2.45) is 5.73 Å². The van der Waals surface area contributed by atoms with Crippen LogP contribution < -0.4 is 10.5 Å². The number of methoxy groups -OCH3 is 1. The highest BCUT2D eigenvalue weighted by molar-refractivity contribution is 5.36. The predicted octanol–water partition coefficient (Wildman–Crippen LogP) is 2.62. The van der Waals surface area contributed by atoms with E-state index in [9.17, 15) is 13.2 Å². The van der Waals surface area contributed by atoms with E-state index in [1.54, 1.807) is 18.2 Å². The Bertz CT molecular complexity index is 380. The quantitative estimate of drug-likeness (QED) is 0.802. The number of alkyl halides is 3. The molecule has 0 amide bonds. The first kappa shape index (κ1) is 14.8. The van der Waals surface area contributed by atoms with Crippen molar-refractivity contribution in [1.29, 1.82) is 0 Å². The Balaban J connectivity index is 2.54. The Kier molecular flexibility index (Phi) is 5.43. The fraction of sp³-hybridized carbons (Fsp3) is 0.500. The summed E-state index contributed by atoms with van der Waals surface area (Å²) in [7, 11) is 1.50. The SMILES string of the molecule is COc1ccc(CN)cc1COCCC(F)(F)F. The van der Waals surface area contributed by atoms with E-state index >= 15 is 0 Å². The van der Waals surface area contributed by atoms with Crippen molar-refractivity contribution in [1.82, 2.24) is 0 Å². The van der Waals surface area contributed by atoms with Crippen molar-refractivity contribution in [2.75, 3.05) is 13.7 Å². The van der Waals surface area contributed by atoms with Crippen LogP contribution in [0.25, 0.3) is 0 Å². The first-order valence-electron chi connectivity index (χ1n) is 5.46. The van der Waals surface area contributed by atoms with E-state index in [0.29, 0.717) is 17.9 Å². The highest BCUT2D eigenvalue weighted by Gasteiger charge is 2.26. The third-order valence-electron chi connectivity index (χ3n) is 2.37. The molecule has 1 aromatic rings. The van der Waals surface area contributed by atoms with Crippen molar-refractivity contribution < 1.29 is 22.6 Å². The number of ether oxygens (including phenoxy) is 2. The summed E-state index contributed by atoms with van der Waals surface area (Å²) in [5, 5.41) is 0. The first-order valence-corrected chi connectivity index (χ1v) is 5.46. The molecule has 0 aliphatic rings. The number of benzene rings is 1. The molecule has 0 fully saturated rings. The number of nitrogens with two attached hydrogens (primary N) is 1. The van der Waals surface area contributed by atoms with Gasteiger partial charge in [0.25, 0.3) is 0 Å². The molecule has 18 heavy (non-hydrogen) atoms. The van der Waals surface area contributed by atoms with Crippen molar-refractivity contribution >= 4 is 0 Å². The van der Waals surface area contributed by atoms with Gasteiger partial charge in [-0.05, 0) is 17.7 Å². The lowest BCUT2D eigenvalue weighted by atomic mass is 10.1. The van der Waals surface area contributed by atoms with E-state index < -0.39 is 12.6 Å². The van der Waals surface area contributed by atoms with Crippen molar-refractivity contribution in [2.45, 2.75) is 25.7 Å². The minimum absolute atomic E-state index is 0.0765. The van der Waals surface area contributed by atoms with Gasteiger partial charge < -0.3 is 15.2 Å². The second kappa shape index (κ2) is 6.61. The lowest BCUT2D eigenvalue weighted by molar-refractivity contribution is -0.146. The highest BCUT2D eigenvalue weighted by Crippen LogP contribution is 2.22. The fourth-order valence-corrected chi connectivity index (χ4v) is 1.44. The van der Waals surface area contributed by atoms with Crippen LogP contribution in [0.15, 0.2) is 18.2 Å². The van der Waals surface area contributed by atoms with Crippen LogP contribution in [0.3, 0.4) is 0 Å². The summed E-state index contributed by atoms with van der Waals surface area (Å²) in [4.78, 5) is 0. The molecule has 0 saturated heterocycles. The third-order valence-corrected chi connectivity index (χ3v) is 2.37. The highest BCUT2D eigenvalue weighted by atomic mass is 19.4. The average molecular weight is 263 g/mol. The maximum absolute atomic E-state index is 11.9. The van der Waals surface area contributed by atoms with Crippen LogP contribution in [0.2, 0.25) is 0 Å². The zero-order valence-electron chi connectivity index (χ0n) is 10.1. The predicted molar refractivity (Wildman–Crippen MR) is 61.2 cm³/mol. The summed E-state index contributed by atoms with van der Waals surface area (Å²) < 4.78 is 45.9. The van der Waals surface area contributed by atoms with Crippen LogP contribution in [0, 0.1) is 0 Å². The van der Waals surface area contributed by atoms with Gasteiger partial charge in [0.2, 0.25) is 0 Å². The number of rotatable bonds is 6. The van der Waals surface area contributed by atoms with Gasteiger partial charge in [0.1, 0.15) is 5.75 Å². The maximum atomic E-state index is 11.9. The van der Waals surface area contributed by atoms with E-state index in [1.807, 2.05) is 0 Å². The van der Waals surface area contributed by atoms with Crippen molar-refractivity contribution in [3.8, 4) is 5.75 Å². The summed E-state index contributed by atoms with van der Waals surface area (Å²) in [6.45, 7) is 0.0755. The fourth-order valence-electron chi connectivity index (χ4n) is 1.44. The number of hydrogen-bond acceptors (Lipinski definition) is 3. The first-order chi connectivity index (χ1) is 8.46. The summed E-state index contributed by atoms with van der Waals surface area (Å²) in [5.41, 5.74) is 7.07. The van der Waals surface area contributed by atoms with Crippen LogP contribution in [-0.4, -0.2) is 19.9 Å². The van der Waals surface area contributed by atoms with E-state index in [2.05, 4.69) is 0 Å². The minimum Gasteiger partial charge on any atom is -0.496 e. The molecule has 1 rings (SSSR count).